The fraction of sp³-hybridized carbons (Fsp3) is 0.500. The number of benzene rings is 1. The summed E-state index contributed by atoms with van der Waals surface area (Å²) in [6.45, 7) is 4.68. The monoisotopic (exact) mass is 335 g/mol. The van der Waals surface area contributed by atoms with Crippen LogP contribution in [0.4, 0.5) is 0 Å². The molecule has 0 aliphatic heterocycles. The zero-order chi connectivity index (χ0) is 13.8. The standard InChI is InChI=1S/C12H18BrNO3S/c1-10-6-11(2)8-12(7-10)17-5-4-14(3)18(15,16)9-13/h6-8H,4-5,9H2,1-3H3. The molecular weight excluding hydrogens is 318 g/mol. The number of rotatable bonds is 6. The first-order valence-corrected chi connectivity index (χ1v) is 8.29. The maximum atomic E-state index is 11.5. The summed E-state index contributed by atoms with van der Waals surface area (Å²) in [5, 5.41) is 0. The molecule has 0 saturated heterocycles. The van der Waals surface area contributed by atoms with Crippen LogP contribution in [0.1, 0.15) is 11.1 Å². The van der Waals surface area contributed by atoms with Gasteiger partial charge in [0.2, 0.25) is 10.0 Å². The van der Waals surface area contributed by atoms with Gasteiger partial charge >= 0.3 is 0 Å². The summed E-state index contributed by atoms with van der Waals surface area (Å²) in [6, 6.07) is 5.94. The van der Waals surface area contributed by atoms with Gasteiger partial charge in [-0.2, -0.15) is 0 Å². The third kappa shape index (κ3) is 4.59. The van der Waals surface area contributed by atoms with E-state index in [1.807, 2.05) is 26.0 Å². The second-order valence-electron chi connectivity index (χ2n) is 4.21. The van der Waals surface area contributed by atoms with Crippen molar-refractivity contribution in [2.24, 2.45) is 0 Å². The Morgan fingerprint density at radius 1 is 1.22 bits per heavy atom. The highest BCUT2D eigenvalue weighted by atomic mass is 79.9. The van der Waals surface area contributed by atoms with E-state index in [0.717, 1.165) is 16.9 Å². The van der Waals surface area contributed by atoms with Gasteiger partial charge < -0.3 is 4.74 Å². The first kappa shape index (κ1) is 15.5. The van der Waals surface area contributed by atoms with E-state index in [1.165, 1.54) is 4.31 Å². The molecule has 0 aromatic heterocycles. The van der Waals surface area contributed by atoms with Crippen LogP contribution in [0.3, 0.4) is 0 Å². The first-order chi connectivity index (χ1) is 8.35. The average molecular weight is 336 g/mol. The van der Waals surface area contributed by atoms with Crippen LogP contribution in [0.15, 0.2) is 18.2 Å². The average Bonchev–Trinajstić information content (AvgIpc) is 2.27. The Balaban J connectivity index is 2.52. The molecule has 0 heterocycles. The van der Waals surface area contributed by atoms with Crippen molar-refractivity contribution < 1.29 is 13.2 Å². The number of alkyl halides is 1. The molecule has 0 aliphatic carbocycles. The normalized spacial score (nSPS) is 11.8. The minimum atomic E-state index is -3.20. The maximum Gasteiger partial charge on any atom is 0.224 e. The molecule has 102 valence electrons. The van der Waals surface area contributed by atoms with Gasteiger partial charge in [-0.05, 0) is 37.1 Å². The minimum Gasteiger partial charge on any atom is -0.492 e. The summed E-state index contributed by atoms with van der Waals surface area (Å²) in [5.74, 6) is 0.775. The van der Waals surface area contributed by atoms with Crippen LogP contribution in [-0.2, 0) is 10.0 Å². The van der Waals surface area contributed by atoms with Gasteiger partial charge in [0, 0.05) is 13.6 Å². The summed E-state index contributed by atoms with van der Waals surface area (Å²) in [6.07, 6.45) is 0. The molecule has 1 aromatic carbocycles. The van der Waals surface area contributed by atoms with E-state index < -0.39 is 10.0 Å². The van der Waals surface area contributed by atoms with Crippen molar-refractivity contribution in [2.45, 2.75) is 13.8 Å². The summed E-state index contributed by atoms with van der Waals surface area (Å²) in [5.41, 5.74) is 2.26. The maximum absolute atomic E-state index is 11.5. The predicted molar refractivity (Wildman–Crippen MR) is 76.8 cm³/mol. The van der Waals surface area contributed by atoms with Crippen LogP contribution in [-0.4, -0.2) is 37.6 Å². The van der Waals surface area contributed by atoms with Crippen LogP contribution < -0.4 is 4.74 Å². The van der Waals surface area contributed by atoms with Crippen molar-refractivity contribution in [2.75, 3.05) is 24.9 Å². The van der Waals surface area contributed by atoms with Crippen molar-refractivity contribution in [3.05, 3.63) is 29.3 Å². The van der Waals surface area contributed by atoms with Crippen LogP contribution >= 0.6 is 15.9 Å². The molecule has 0 saturated carbocycles. The number of hydrogen-bond acceptors (Lipinski definition) is 3. The van der Waals surface area contributed by atoms with Gasteiger partial charge in [-0.25, -0.2) is 12.7 Å². The Morgan fingerprint density at radius 2 is 1.78 bits per heavy atom. The number of hydrogen-bond donors (Lipinski definition) is 0. The van der Waals surface area contributed by atoms with E-state index in [0.29, 0.717) is 13.2 Å². The molecule has 6 heteroatoms. The molecule has 1 aromatic rings. The molecule has 0 bridgehead atoms. The molecule has 1 rings (SSSR count). The van der Waals surface area contributed by atoms with E-state index in [4.69, 9.17) is 4.74 Å². The molecule has 18 heavy (non-hydrogen) atoms. The van der Waals surface area contributed by atoms with Crippen LogP contribution in [0, 0.1) is 13.8 Å². The topological polar surface area (TPSA) is 46.6 Å². The molecular formula is C12H18BrNO3S. The Labute approximate surface area is 117 Å². The molecule has 0 amide bonds. The van der Waals surface area contributed by atoms with E-state index in [9.17, 15) is 8.42 Å². The highest BCUT2D eigenvalue weighted by molar-refractivity contribution is 9.10. The highest BCUT2D eigenvalue weighted by Crippen LogP contribution is 2.16. The molecule has 0 atom stereocenters. The predicted octanol–water partition coefficient (Wildman–Crippen LogP) is 2.30. The molecule has 4 nitrogen and oxygen atoms in total. The van der Waals surface area contributed by atoms with E-state index >= 15 is 0 Å². The Morgan fingerprint density at radius 3 is 2.28 bits per heavy atom. The Kier molecular flexibility index (Phi) is 5.62. The summed E-state index contributed by atoms with van der Waals surface area (Å²) in [4.78, 5) is 0. The van der Waals surface area contributed by atoms with Gasteiger partial charge in [-0.15, -0.1) is 0 Å². The smallest absolute Gasteiger partial charge is 0.224 e. The number of ether oxygens (including phenoxy) is 1. The lowest BCUT2D eigenvalue weighted by Gasteiger charge is -2.16. The van der Waals surface area contributed by atoms with Crippen molar-refractivity contribution in [3.8, 4) is 5.75 Å². The van der Waals surface area contributed by atoms with Gasteiger partial charge in [-0.3, -0.25) is 0 Å². The SMILES string of the molecule is Cc1cc(C)cc(OCCN(C)S(=O)(=O)CBr)c1. The van der Waals surface area contributed by atoms with E-state index in [-0.39, 0.29) is 4.66 Å². The van der Waals surface area contributed by atoms with Crippen LogP contribution in [0.5, 0.6) is 5.75 Å². The molecule has 0 aliphatic rings. The lowest BCUT2D eigenvalue weighted by molar-refractivity contribution is 0.287. The summed E-state index contributed by atoms with van der Waals surface area (Å²) < 4.78 is 29.7. The van der Waals surface area contributed by atoms with E-state index in [2.05, 4.69) is 22.0 Å². The first-order valence-electron chi connectivity index (χ1n) is 5.56. The molecule has 0 spiro atoms. The quantitative estimate of drug-likeness (QED) is 0.749. The highest BCUT2D eigenvalue weighted by Gasteiger charge is 2.15. The number of likely N-dealkylation sites (N-methyl/N-ethyl adjacent to an activating group) is 1. The lowest BCUT2D eigenvalue weighted by Crippen LogP contribution is -2.31. The van der Waals surface area contributed by atoms with Gasteiger partial charge in [0.25, 0.3) is 0 Å². The van der Waals surface area contributed by atoms with Gasteiger partial charge in [-0.1, -0.05) is 22.0 Å². The third-order valence-electron chi connectivity index (χ3n) is 2.48. The van der Waals surface area contributed by atoms with E-state index in [1.54, 1.807) is 7.05 Å². The van der Waals surface area contributed by atoms with Gasteiger partial charge in [0.05, 0.1) is 0 Å². The fourth-order valence-electron chi connectivity index (χ4n) is 1.53. The van der Waals surface area contributed by atoms with Crippen LogP contribution in [0.25, 0.3) is 0 Å². The number of halogens is 1. The molecule has 0 unspecified atom stereocenters. The molecule has 0 N–H and O–H groups in total. The second-order valence-corrected chi connectivity index (χ2v) is 7.59. The lowest BCUT2D eigenvalue weighted by atomic mass is 10.1. The summed E-state index contributed by atoms with van der Waals surface area (Å²) >= 11 is 2.96. The third-order valence-corrected chi connectivity index (χ3v) is 5.63. The zero-order valence-corrected chi connectivity index (χ0v) is 13.2. The minimum absolute atomic E-state index is 0.0694. The fourth-order valence-corrected chi connectivity index (χ4v) is 3.10. The summed E-state index contributed by atoms with van der Waals surface area (Å²) in [7, 11) is -1.66. The zero-order valence-electron chi connectivity index (χ0n) is 10.8. The van der Waals surface area contributed by atoms with Crippen molar-refractivity contribution in [3.63, 3.8) is 0 Å². The van der Waals surface area contributed by atoms with Gasteiger partial charge in [0.15, 0.2) is 0 Å². The number of sulfonamides is 1. The van der Waals surface area contributed by atoms with Crippen LogP contribution in [0.2, 0.25) is 0 Å². The molecule has 0 fully saturated rings. The number of aryl methyl sites for hydroxylation is 2. The van der Waals surface area contributed by atoms with Crippen molar-refractivity contribution in [1.29, 1.82) is 0 Å². The van der Waals surface area contributed by atoms with Gasteiger partial charge in [0.1, 0.15) is 17.0 Å². The largest absolute Gasteiger partial charge is 0.492 e. The van der Waals surface area contributed by atoms with Crippen molar-refractivity contribution >= 4 is 26.0 Å². The second kappa shape index (κ2) is 6.54. The number of nitrogens with zero attached hydrogens (tertiary/aromatic N) is 1. The Hall–Kier alpha value is -0.590. The Bertz CT molecular complexity index is 482. The molecule has 0 radical (unpaired) electrons. The van der Waals surface area contributed by atoms with Crippen molar-refractivity contribution in [1.82, 2.24) is 4.31 Å².